The molecule has 0 aliphatic heterocycles. The van der Waals surface area contributed by atoms with Crippen molar-refractivity contribution in [2.45, 2.75) is 30.2 Å². The Morgan fingerprint density at radius 3 is 2.86 bits per heavy atom. The molecule has 0 spiro atoms. The molecule has 5 aromatic rings. The van der Waals surface area contributed by atoms with Gasteiger partial charge in [-0.25, -0.2) is 9.38 Å². The van der Waals surface area contributed by atoms with Gasteiger partial charge in [-0.3, -0.25) is 0 Å². The second-order valence-electron chi connectivity index (χ2n) is 6.64. The van der Waals surface area contributed by atoms with E-state index in [1.807, 2.05) is 29.5 Å². The molecule has 0 N–H and O–H groups in total. The summed E-state index contributed by atoms with van der Waals surface area (Å²) in [6.45, 7) is 0. The Morgan fingerprint density at radius 1 is 1.14 bits per heavy atom. The minimum atomic E-state index is 0.612. The summed E-state index contributed by atoms with van der Waals surface area (Å²) in [7, 11) is 0. The molecular weight excluding hydrogens is 435 g/mol. The van der Waals surface area contributed by atoms with Crippen LogP contribution in [0.2, 0.25) is 10.0 Å². The molecule has 6 rings (SSSR count). The van der Waals surface area contributed by atoms with E-state index in [1.165, 1.54) is 22.2 Å². The molecule has 10 heteroatoms. The van der Waals surface area contributed by atoms with Crippen LogP contribution in [-0.2, 0) is 18.6 Å². The second-order valence-corrected chi connectivity index (χ2v) is 9.48. The van der Waals surface area contributed by atoms with Crippen molar-refractivity contribution >= 4 is 67.9 Å². The van der Waals surface area contributed by atoms with Gasteiger partial charge in [0.25, 0.3) is 5.78 Å². The molecule has 4 aromatic heterocycles. The van der Waals surface area contributed by atoms with Crippen molar-refractivity contribution in [2.24, 2.45) is 0 Å². The van der Waals surface area contributed by atoms with E-state index in [0.717, 1.165) is 34.0 Å². The number of benzene rings is 1. The van der Waals surface area contributed by atoms with Crippen LogP contribution in [0.5, 0.6) is 0 Å². The standard InChI is InChI=1S/C18H12Cl2N6S2/c19-11-4-2-5-12(20)10(11)7-27-18-24-23-17-25(18)16-14(15-21-8-22-26(15)17)9-3-1-6-13(9)28-16/h2,4-5,8H,1,3,6-7H2. The highest BCUT2D eigenvalue weighted by atomic mass is 35.5. The molecule has 1 aromatic carbocycles. The van der Waals surface area contributed by atoms with E-state index in [-0.39, 0.29) is 0 Å². The number of hydrogen-bond donors (Lipinski definition) is 0. The SMILES string of the molecule is Clc1cccc(Cl)c1CSc1nnc2n3ncnc3c3c4c(sc3n12)CCC4. The maximum Gasteiger partial charge on any atom is 0.260 e. The molecule has 6 nitrogen and oxygen atoms in total. The molecule has 140 valence electrons. The fourth-order valence-electron chi connectivity index (χ4n) is 3.81. The lowest BCUT2D eigenvalue weighted by atomic mass is 10.2. The number of halogens is 2. The van der Waals surface area contributed by atoms with Crippen LogP contribution in [0.1, 0.15) is 22.4 Å². The quantitative estimate of drug-likeness (QED) is 0.361. The Kier molecular flexibility index (Phi) is 3.84. The van der Waals surface area contributed by atoms with E-state index in [0.29, 0.717) is 21.6 Å². The van der Waals surface area contributed by atoms with E-state index >= 15 is 0 Å². The van der Waals surface area contributed by atoms with Crippen LogP contribution in [0.25, 0.3) is 21.6 Å². The van der Waals surface area contributed by atoms with Gasteiger partial charge in [0.2, 0.25) is 0 Å². The van der Waals surface area contributed by atoms with E-state index in [2.05, 4.69) is 24.7 Å². The van der Waals surface area contributed by atoms with E-state index in [1.54, 1.807) is 22.6 Å². The van der Waals surface area contributed by atoms with Gasteiger partial charge in [-0.2, -0.15) is 9.61 Å². The Bertz CT molecular complexity index is 1370. The van der Waals surface area contributed by atoms with Gasteiger partial charge in [0.1, 0.15) is 11.2 Å². The molecular formula is C18H12Cl2N6S2. The van der Waals surface area contributed by atoms with Gasteiger partial charge < -0.3 is 0 Å². The van der Waals surface area contributed by atoms with E-state index < -0.39 is 0 Å². The summed E-state index contributed by atoms with van der Waals surface area (Å²) in [5, 5.41) is 16.5. The van der Waals surface area contributed by atoms with Gasteiger partial charge in [0.05, 0.1) is 5.39 Å². The Balaban J connectivity index is 1.56. The van der Waals surface area contributed by atoms with Crippen LogP contribution in [0, 0.1) is 0 Å². The van der Waals surface area contributed by atoms with Crippen LogP contribution in [0.15, 0.2) is 29.7 Å². The molecule has 4 heterocycles. The number of fused-ring (bicyclic) bond motifs is 8. The lowest BCUT2D eigenvalue weighted by Gasteiger charge is -2.07. The first-order chi connectivity index (χ1) is 13.7. The molecule has 1 aliphatic carbocycles. The third-order valence-corrected chi connectivity index (χ3v) is 8.03. The maximum absolute atomic E-state index is 6.34. The number of aryl methyl sites for hydroxylation is 2. The molecule has 0 unspecified atom stereocenters. The van der Waals surface area contributed by atoms with Gasteiger partial charge in [-0.05, 0) is 42.5 Å². The molecule has 0 saturated carbocycles. The lowest BCUT2D eigenvalue weighted by Crippen LogP contribution is -1.99. The van der Waals surface area contributed by atoms with Crippen LogP contribution in [0.3, 0.4) is 0 Å². The highest BCUT2D eigenvalue weighted by Gasteiger charge is 2.25. The monoisotopic (exact) mass is 446 g/mol. The smallest absolute Gasteiger partial charge is 0.244 e. The van der Waals surface area contributed by atoms with E-state index in [4.69, 9.17) is 23.2 Å². The molecule has 0 radical (unpaired) electrons. The van der Waals surface area contributed by atoms with Crippen molar-refractivity contribution in [1.82, 2.24) is 29.2 Å². The summed E-state index contributed by atoms with van der Waals surface area (Å²) >= 11 is 16.1. The molecule has 0 fully saturated rings. The third-order valence-electron chi connectivity index (χ3n) is 5.09. The number of thiophene rings is 1. The Hall–Kier alpha value is -1.87. The molecule has 0 saturated heterocycles. The normalized spacial score (nSPS) is 13.9. The van der Waals surface area contributed by atoms with Gasteiger partial charge in [0.15, 0.2) is 10.8 Å². The Labute approximate surface area is 177 Å². The molecule has 0 atom stereocenters. The predicted molar refractivity (Wildman–Crippen MR) is 113 cm³/mol. The number of aromatic nitrogens is 6. The summed E-state index contributed by atoms with van der Waals surface area (Å²) in [5.41, 5.74) is 3.16. The zero-order chi connectivity index (χ0) is 18.8. The van der Waals surface area contributed by atoms with E-state index in [9.17, 15) is 0 Å². The fourth-order valence-corrected chi connectivity index (χ4v) is 6.93. The minimum absolute atomic E-state index is 0.612. The Morgan fingerprint density at radius 2 is 2.00 bits per heavy atom. The summed E-state index contributed by atoms with van der Waals surface area (Å²) in [6, 6.07) is 5.56. The van der Waals surface area contributed by atoms with Crippen molar-refractivity contribution in [3.05, 3.63) is 50.6 Å². The van der Waals surface area contributed by atoms with Crippen molar-refractivity contribution < 1.29 is 0 Å². The summed E-state index contributed by atoms with van der Waals surface area (Å²) < 4.78 is 3.88. The number of thioether (sulfide) groups is 1. The summed E-state index contributed by atoms with van der Waals surface area (Å²) in [5.74, 6) is 1.29. The van der Waals surface area contributed by atoms with Crippen molar-refractivity contribution in [3.63, 3.8) is 0 Å². The first kappa shape index (κ1) is 17.0. The second kappa shape index (κ2) is 6.32. The van der Waals surface area contributed by atoms with Gasteiger partial charge in [-0.1, -0.05) is 41.0 Å². The largest absolute Gasteiger partial charge is 0.260 e. The molecule has 1 aliphatic rings. The minimum Gasteiger partial charge on any atom is -0.244 e. The van der Waals surface area contributed by atoms with Crippen molar-refractivity contribution in [2.75, 3.05) is 0 Å². The highest BCUT2D eigenvalue weighted by Crippen LogP contribution is 2.41. The van der Waals surface area contributed by atoms with Crippen molar-refractivity contribution in [1.29, 1.82) is 0 Å². The molecule has 28 heavy (non-hydrogen) atoms. The number of nitrogens with zero attached hydrogens (tertiary/aromatic N) is 6. The zero-order valence-corrected chi connectivity index (χ0v) is 17.5. The van der Waals surface area contributed by atoms with Crippen LogP contribution in [-0.4, -0.2) is 29.2 Å². The maximum atomic E-state index is 6.34. The van der Waals surface area contributed by atoms with Gasteiger partial charge >= 0.3 is 0 Å². The zero-order valence-electron chi connectivity index (χ0n) is 14.4. The number of hydrogen-bond acceptors (Lipinski definition) is 6. The first-order valence-electron chi connectivity index (χ1n) is 8.79. The highest BCUT2D eigenvalue weighted by molar-refractivity contribution is 7.98. The molecule has 0 amide bonds. The van der Waals surface area contributed by atoms with Crippen LogP contribution >= 0.6 is 46.3 Å². The topological polar surface area (TPSA) is 60.4 Å². The fraction of sp³-hybridized carbons (Fsp3) is 0.222. The number of rotatable bonds is 3. The van der Waals surface area contributed by atoms with Gasteiger partial charge in [-0.15, -0.1) is 21.5 Å². The lowest BCUT2D eigenvalue weighted by molar-refractivity contribution is 0.911. The predicted octanol–water partition coefficient (Wildman–Crippen LogP) is 5.07. The third kappa shape index (κ3) is 2.35. The summed E-state index contributed by atoms with van der Waals surface area (Å²) in [6.07, 6.45) is 4.99. The average Bonchev–Trinajstić information content (AvgIpc) is 3.43. The molecule has 0 bridgehead atoms. The summed E-state index contributed by atoms with van der Waals surface area (Å²) in [4.78, 5) is 7.08. The van der Waals surface area contributed by atoms with Gasteiger partial charge in [0, 0.05) is 20.7 Å². The first-order valence-corrected chi connectivity index (χ1v) is 11.3. The van der Waals surface area contributed by atoms with Crippen LogP contribution < -0.4 is 0 Å². The average molecular weight is 447 g/mol. The van der Waals surface area contributed by atoms with Crippen LogP contribution in [0.4, 0.5) is 0 Å². The van der Waals surface area contributed by atoms with Crippen molar-refractivity contribution in [3.8, 4) is 0 Å².